The molecule has 0 aliphatic heterocycles. The Morgan fingerprint density at radius 3 is 2.65 bits per heavy atom. The van der Waals surface area contributed by atoms with Gasteiger partial charge >= 0.3 is 5.97 Å². The third kappa shape index (κ3) is 4.06. The van der Waals surface area contributed by atoms with Crippen molar-refractivity contribution in [2.45, 2.75) is 13.0 Å². The quantitative estimate of drug-likeness (QED) is 0.863. The summed E-state index contributed by atoms with van der Waals surface area (Å²) in [5, 5.41) is 19.0. The zero-order chi connectivity index (χ0) is 14.5. The van der Waals surface area contributed by atoms with E-state index in [2.05, 4.69) is 15.6 Å². The maximum Gasteiger partial charge on any atom is 0.325 e. The lowest BCUT2D eigenvalue weighted by Crippen LogP contribution is -2.14. The standard InChI is InChI=1S/C12H11ClN4O3/c13-9-3-1-8(2-4-9)5-11(18)14-10-6-17(16-15-10)7-12(19)20/h1-4,6H,5,7H2,(H,14,18)(H,19,20). The molecule has 0 aliphatic carbocycles. The molecule has 0 radical (unpaired) electrons. The number of amides is 1. The third-order valence-electron chi connectivity index (χ3n) is 2.38. The molecule has 104 valence electrons. The van der Waals surface area contributed by atoms with Crippen LogP contribution in [0.4, 0.5) is 5.82 Å². The van der Waals surface area contributed by atoms with Gasteiger partial charge in [-0.25, -0.2) is 4.68 Å². The molecule has 0 unspecified atom stereocenters. The van der Waals surface area contributed by atoms with Crippen molar-refractivity contribution in [3.05, 3.63) is 41.0 Å². The fourth-order valence-electron chi connectivity index (χ4n) is 1.55. The van der Waals surface area contributed by atoms with E-state index in [0.29, 0.717) is 5.02 Å². The van der Waals surface area contributed by atoms with Crippen molar-refractivity contribution in [1.82, 2.24) is 15.0 Å². The number of aromatic nitrogens is 3. The lowest BCUT2D eigenvalue weighted by atomic mass is 10.1. The number of rotatable bonds is 5. The van der Waals surface area contributed by atoms with Crippen LogP contribution in [0.15, 0.2) is 30.5 Å². The molecule has 8 heteroatoms. The zero-order valence-electron chi connectivity index (χ0n) is 10.3. The molecular weight excluding hydrogens is 284 g/mol. The van der Waals surface area contributed by atoms with Gasteiger partial charge in [-0.05, 0) is 17.7 Å². The highest BCUT2D eigenvalue weighted by atomic mass is 35.5. The zero-order valence-corrected chi connectivity index (χ0v) is 11.0. The molecule has 2 rings (SSSR count). The van der Waals surface area contributed by atoms with Crippen molar-refractivity contribution >= 4 is 29.3 Å². The highest BCUT2D eigenvalue weighted by Gasteiger charge is 2.08. The largest absolute Gasteiger partial charge is 0.480 e. The molecule has 0 aliphatic rings. The Morgan fingerprint density at radius 1 is 1.30 bits per heavy atom. The number of carboxylic acid groups (broad SMARTS) is 1. The predicted molar refractivity (Wildman–Crippen MR) is 71.4 cm³/mol. The molecule has 0 spiro atoms. The molecule has 0 fully saturated rings. The highest BCUT2D eigenvalue weighted by Crippen LogP contribution is 2.10. The van der Waals surface area contributed by atoms with Crippen LogP contribution in [0.3, 0.4) is 0 Å². The van der Waals surface area contributed by atoms with Gasteiger partial charge in [-0.1, -0.05) is 28.9 Å². The Kier molecular flexibility index (Phi) is 4.31. The Morgan fingerprint density at radius 2 is 2.00 bits per heavy atom. The van der Waals surface area contributed by atoms with Crippen molar-refractivity contribution in [1.29, 1.82) is 0 Å². The molecule has 0 atom stereocenters. The minimum absolute atomic E-state index is 0.170. The maximum atomic E-state index is 11.8. The molecule has 1 aromatic heterocycles. The van der Waals surface area contributed by atoms with Gasteiger partial charge in [-0.3, -0.25) is 9.59 Å². The summed E-state index contributed by atoms with van der Waals surface area (Å²) in [7, 11) is 0. The third-order valence-corrected chi connectivity index (χ3v) is 2.63. The van der Waals surface area contributed by atoms with E-state index in [-0.39, 0.29) is 24.7 Å². The smallest absolute Gasteiger partial charge is 0.325 e. The summed E-state index contributed by atoms with van der Waals surface area (Å²) < 4.78 is 1.13. The van der Waals surface area contributed by atoms with Crippen LogP contribution in [0.5, 0.6) is 0 Å². The fraction of sp³-hybridized carbons (Fsp3) is 0.167. The van der Waals surface area contributed by atoms with E-state index >= 15 is 0 Å². The number of carbonyl (C=O) groups excluding carboxylic acids is 1. The van der Waals surface area contributed by atoms with Crippen LogP contribution >= 0.6 is 11.6 Å². The lowest BCUT2D eigenvalue weighted by Gasteiger charge is -2.01. The number of aliphatic carboxylic acids is 1. The van der Waals surface area contributed by atoms with Gasteiger partial charge in [0.15, 0.2) is 5.82 Å². The van der Waals surface area contributed by atoms with Crippen molar-refractivity contribution in [2.75, 3.05) is 5.32 Å². The average Bonchev–Trinajstić information content (AvgIpc) is 2.78. The number of hydrogen-bond acceptors (Lipinski definition) is 4. The summed E-state index contributed by atoms with van der Waals surface area (Å²) in [5.74, 6) is -1.09. The Bertz CT molecular complexity index is 624. The van der Waals surface area contributed by atoms with E-state index in [0.717, 1.165) is 10.2 Å². The van der Waals surface area contributed by atoms with Crippen LogP contribution < -0.4 is 5.32 Å². The molecule has 0 bridgehead atoms. The Hall–Kier alpha value is -2.41. The molecule has 20 heavy (non-hydrogen) atoms. The van der Waals surface area contributed by atoms with Gasteiger partial charge in [0, 0.05) is 5.02 Å². The average molecular weight is 295 g/mol. The molecule has 0 saturated carbocycles. The van der Waals surface area contributed by atoms with E-state index in [1.807, 2.05) is 0 Å². The van der Waals surface area contributed by atoms with Crippen LogP contribution in [0.1, 0.15) is 5.56 Å². The van der Waals surface area contributed by atoms with Gasteiger partial charge in [0.1, 0.15) is 6.54 Å². The number of halogens is 1. The summed E-state index contributed by atoms with van der Waals surface area (Å²) in [4.78, 5) is 22.2. The second-order valence-corrected chi connectivity index (χ2v) is 4.48. The lowest BCUT2D eigenvalue weighted by molar-refractivity contribution is -0.137. The molecular formula is C12H11ClN4O3. The summed E-state index contributed by atoms with van der Waals surface area (Å²) in [6.07, 6.45) is 1.52. The predicted octanol–water partition coefficient (Wildman–Crippen LogP) is 1.20. The number of anilines is 1. The first-order valence-corrected chi connectivity index (χ1v) is 6.07. The van der Waals surface area contributed by atoms with Crippen molar-refractivity contribution in [3.8, 4) is 0 Å². The SMILES string of the molecule is O=C(O)Cn1cc(NC(=O)Cc2ccc(Cl)cc2)nn1. The first-order chi connectivity index (χ1) is 9.52. The van der Waals surface area contributed by atoms with E-state index in [1.165, 1.54) is 6.20 Å². The van der Waals surface area contributed by atoms with Gasteiger partial charge < -0.3 is 10.4 Å². The van der Waals surface area contributed by atoms with E-state index in [1.54, 1.807) is 24.3 Å². The normalized spacial score (nSPS) is 10.2. The number of carboxylic acids is 1. The number of carbonyl (C=O) groups is 2. The molecule has 2 N–H and O–H groups in total. The molecule has 1 amide bonds. The number of nitrogens with zero attached hydrogens (tertiary/aromatic N) is 3. The summed E-state index contributed by atoms with van der Waals surface area (Å²) in [5.41, 5.74) is 0.810. The Balaban J connectivity index is 1.92. The molecule has 1 aromatic carbocycles. The van der Waals surface area contributed by atoms with Crippen LogP contribution in [-0.2, 0) is 22.6 Å². The summed E-state index contributed by atoms with van der Waals surface area (Å²) in [6, 6.07) is 6.91. The highest BCUT2D eigenvalue weighted by molar-refractivity contribution is 6.30. The van der Waals surface area contributed by atoms with Crippen molar-refractivity contribution in [3.63, 3.8) is 0 Å². The molecule has 2 aromatic rings. The maximum absolute atomic E-state index is 11.8. The minimum Gasteiger partial charge on any atom is -0.480 e. The van der Waals surface area contributed by atoms with Gasteiger partial charge in [-0.2, -0.15) is 0 Å². The Labute approximate surface area is 119 Å². The van der Waals surface area contributed by atoms with Crippen LogP contribution in [0.25, 0.3) is 0 Å². The summed E-state index contributed by atoms with van der Waals surface area (Å²) >= 11 is 5.75. The van der Waals surface area contributed by atoms with Crippen molar-refractivity contribution in [2.24, 2.45) is 0 Å². The molecule has 7 nitrogen and oxygen atoms in total. The van der Waals surface area contributed by atoms with Gasteiger partial charge in [-0.15, -0.1) is 5.10 Å². The monoisotopic (exact) mass is 294 g/mol. The number of hydrogen-bond donors (Lipinski definition) is 2. The molecule has 1 heterocycles. The topological polar surface area (TPSA) is 97.1 Å². The van der Waals surface area contributed by atoms with Crippen molar-refractivity contribution < 1.29 is 14.7 Å². The summed E-state index contributed by atoms with van der Waals surface area (Å²) in [6.45, 7) is -0.306. The second kappa shape index (κ2) is 6.16. The van der Waals surface area contributed by atoms with E-state index < -0.39 is 5.97 Å². The van der Waals surface area contributed by atoms with Crippen LogP contribution in [0.2, 0.25) is 5.02 Å². The van der Waals surface area contributed by atoms with Crippen LogP contribution in [-0.4, -0.2) is 32.0 Å². The van der Waals surface area contributed by atoms with E-state index in [4.69, 9.17) is 16.7 Å². The van der Waals surface area contributed by atoms with Gasteiger partial charge in [0.05, 0.1) is 12.6 Å². The minimum atomic E-state index is -1.03. The first kappa shape index (κ1) is 14.0. The first-order valence-electron chi connectivity index (χ1n) is 5.69. The fourth-order valence-corrected chi connectivity index (χ4v) is 1.67. The number of benzene rings is 1. The second-order valence-electron chi connectivity index (χ2n) is 4.05. The molecule has 0 saturated heterocycles. The van der Waals surface area contributed by atoms with Gasteiger partial charge in [0.2, 0.25) is 5.91 Å². The van der Waals surface area contributed by atoms with Crippen LogP contribution in [0, 0.1) is 0 Å². The van der Waals surface area contributed by atoms with E-state index in [9.17, 15) is 9.59 Å². The number of nitrogens with one attached hydrogen (secondary N) is 1. The van der Waals surface area contributed by atoms with Gasteiger partial charge in [0.25, 0.3) is 0 Å².